The minimum atomic E-state index is 0.186. The predicted molar refractivity (Wildman–Crippen MR) is 55.1 cm³/mol. The number of carbonyl (C=O) groups is 1. The van der Waals surface area contributed by atoms with E-state index in [-0.39, 0.29) is 5.78 Å². The van der Waals surface area contributed by atoms with Crippen LogP contribution in [0.5, 0.6) is 0 Å². The number of rotatable bonds is 3. The molecule has 0 atom stereocenters. The maximum atomic E-state index is 11.7. The Bertz CT molecular complexity index is 354. The van der Waals surface area contributed by atoms with Crippen LogP contribution < -0.4 is 0 Å². The van der Waals surface area contributed by atoms with Crippen molar-refractivity contribution in [2.75, 3.05) is 0 Å². The summed E-state index contributed by atoms with van der Waals surface area (Å²) >= 11 is 0. The Labute approximate surface area is 83.7 Å². The van der Waals surface area contributed by atoms with Gasteiger partial charge in [0.1, 0.15) is 0 Å². The topological polar surface area (TPSA) is 30.0 Å². The lowest BCUT2D eigenvalue weighted by Crippen LogP contribution is -2.00. The zero-order chi connectivity index (χ0) is 9.80. The molecule has 0 saturated carbocycles. The molecule has 0 unspecified atom stereocenters. The second-order valence-electron chi connectivity index (χ2n) is 3.60. The number of hydrogen-bond donors (Lipinski definition) is 0. The number of Topliss-reactive ketones (excluding diaryl/α,β-unsaturated/α-hetero) is 1. The fourth-order valence-corrected chi connectivity index (χ4v) is 1.73. The highest BCUT2D eigenvalue weighted by Crippen LogP contribution is 2.21. The van der Waals surface area contributed by atoms with E-state index in [0.717, 1.165) is 18.4 Å². The summed E-state index contributed by atoms with van der Waals surface area (Å²) in [5.41, 5.74) is 2.01. The number of nitrogens with zero attached hydrogens (tertiary/aromatic N) is 1. The van der Waals surface area contributed by atoms with E-state index in [1.54, 1.807) is 18.5 Å². The third kappa shape index (κ3) is 2.08. The van der Waals surface area contributed by atoms with E-state index in [2.05, 4.69) is 11.1 Å². The molecule has 0 aliphatic heterocycles. The molecule has 1 aromatic rings. The lowest BCUT2D eigenvalue weighted by Gasteiger charge is -2.00. The van der Waals surface area contributed by atoms with Crippen LogP contribution in [-0.4, -0.2) is 10.8 Å². The molecule has 1 aliphatic rings. The van der Waals surface area contributed by atoms with E-state index >= 15 is 0 Å². The monoisotopic (exact) mass is 187 g/mol. The molecule has 1 aromatic heterocycles. The molecule has 0 spiro atoms. The third-order valence-electron chi connectivity index (χ3n) is 2.51. The van der Waals surface area contributed by atoms with Crippen molar-refractivity contribution in [2.45, 2.75) is 25.7 Å². The highest BCUT2D eigenvalue weighted by Gasteiger charge is 2.11. The van der Waals surface area contributed by atoms with E-state index < -0.39 is 0 Å². The maximum Gasteiger partial charge on any atom is 0.168 e. The molecular weight excluding hydrogens is 174 g/mol. The maximum absolute atomic E-state index is 11.7. The Morgan fingerprint density at radius 3 is 3.07 bits per heavy atom. The molecule has 0 bridgehead atoms. The predicted octanol–water partition coefficient (Wildman–Crippen LogP) is 2.76. The van der Waals surface area contributed by atoms with Gasteiger partial charge in [0, 0.05) is 24.4 Å². The lowest BCUT2D eigenvalue weighted by atomic mass is 10.0. The summed E-state index contributed by atoms with van der Waals surface area (Å²) in [4.78, 5) is 15.7. The van der Waals surface area contributed by atoms with E-state index in [4.69, 9.17) is 0 Å². The normalized spacial score (nSPS) is 15.3. The SMILES string of the molecule is O=C(CC1=CCCC1)c1cccnc1. The molecule has 72 valence electrons. The molecule has 0 fully saturated rings. The highest BCUT2D eigenvalue weighted by atomic mass is 16.1. The molecule has 2 rings (SSSR count). The molecule has 0 N–H and O–H groups in total. The zero-order valence-corrected chi connectivity index (χ0v) is 8.07. The lowest BCUT2D eigenvalue weighted by molar-refractivity contribution is 0.0992. The molecule has 2 nitrogen and oxygen atoms in total. The van der Waals surface area contributed by atoms with Gasteiger partial charge in [0.05, 0.1) is 0 Å². The van der Waals surface area contributed by atoms with Gasteiger partial charge < -0.3 is 0 Å². The highest BCUT2D eigenvalue weighted by molar-refractivity contribution is 5.97. The Kier molecular flexibility index (Phi) is 2.73. The van der Waals surface area contributed by atoms with Gasteiger partial charge in [-0.2, -0.15) is 0 Å². The Balaban J connectivity index is 2.03. The van der Waals surface area contributed by atoms with Crippen molar-refractivity contribution >= 4 is 5.78 Å². The first kappa shape index (κ1) is 9.13. The molecule has 14 heavy (non-hydrogen) atoms. The minimum Gasteiger partial charge on any atom is -0.294 e. The van der Waals surface area contributed by atoms with Crippen molar-refractivity contribution in [2.24, 2.45) is 0 Å². The van der Waals surface area contributed by atoms with Crippen LogP contribution in [0.15, 0.2) is 36.2 Å². The van der Waals surface area contributed by atoms with Crippen molar-refractivity contribution in [3.05, 3.63) is 41.7 Å². The second-order valence-corrected chi connectivity index (χ2v) is 3.60. The first-order valence-electron chi connectivity index (χ1n) is 4.97. The summed E-state index contributed by atoms with van der Waals surface area (Å²) in [7, 11) is 0. The quantitative estimate of drug-likeness (QED) is 0.538. The van der Waals surface area contributed by atoms with Crippen molar-refractivity contribution in [3.8, 4) is 0 Å². The fraction of sp³-hybridized carbons (Fsp3) is 0.333. The minimum absolute atomic E-state index is 0.186. The van der Waals surface area contributed by atoms with E-state index in [1.165, 1.54) is 12.0 Å². The number of hydrogen-bond acceptors (Lipinski definition) is 2. The van der Waals surface area contributed by atoms with Crippen LogP contribution in [0.1, 0.15) is 36.0 Å². The van der Waals surface area contributed by atoms with Gasteiger partial charge in [-0.15, -0.1) is 0 Å². The smallest absolute Gasteiger partial charge is 0.168 e. The molecule has 0 aromatic carbocycles. The van der Waals surface area contributed by atoms with Gasteiger partial charge in [-0.3, -0.25) is 9.78 Å². The zero-order valence-electron chi connectivity index (χ0n) is 8.07. The van der Waals surface area contributed by atoms with Gasteiger partial charge in [0.2, 0.25) is 0 Å². The summed E-state index contributed by atoms with van der Waals surface area (Å²) in [6.45, 7) is 0. The number of aromatic nitrogens is 1. The second kappa shape index (κ2) is 4.18. The first-order valence-corrected chi connectivity index (χ1v) is 4.97. The van der Waals surface area contributed by atoms with E-state index in [9.17, 15) is 4.79 Å². The number of pyridine rings is 1. The fourth-order valence-electron chi connectivity index (χ4n) is 1.73. The number of ketones is 1. The number of carbonyl (C=O) groups excluding carboxylic acids is 1. The largest absolute Gasteiger partial charge is 0.294 e. The van der Waals surface area contributed by atoms with Gasteiger partial charge in [-0.05, 0) is 31.4 Å². The Hall–Kier alpha value is -1.44. The van der Waals surface area contributed by atoms with Crippen LogP contribution in [0, 0.1) is 0 Å². The van der Waals surface area contributed by atoms with Gasteiger partial charge in [-0.25, -0.2) is 0 Å². The standard InChI is InChI=1S/C12H13NO/c14-12(8-10-4-1-2-5-10)11-6-3-7-13-9-11/h3-4,6-7,9H,1-2,5,8H2. The van der Waals surface area contributed by atoms with Crippen molar-refractivity contribution in [1.29, 1.82) is 0 Å². The molecule has 2 heteroatoms. The van der Waals surface area contributed by atoms with Crippen molar-refractivity contribution in [3.63, 3.8) is 0 Å². The van der Waals surface area contributed by atoms with Gasteiger partial charge >= 0.3 is 0 Å². The van der Waals surface area contributed by atoms with Crippen LogP contribution in [0.25, 0.3) is 0 Å². The first-order chi connectivity index (χ1) is 6.86. The van der Waals surface area contributed by atoms with Crippen LogP contribution >= 0.6 is 0 Å². The van der Waals surface area contributed by atoms with Gasteiger partial charge in [0.25, 0.3) is 0 Å². The molecular formula is C12H13NO. The van der Waals surface area contributed by atoms with Gasteiger partial charge in [0.15, 0.2) is 5.78 Å². The van der Waals surface area contributed by atoms with Crippen molar-refractivity contribution < 1.29 is 4.79 Å². The summed E-state index contributed by atoms with van der Waals surface area (Å²) in [6.07, 6.45) is 9.51. The van der Waals surface area contributed by atoms with Crippen LogP contribution in [0.2, 0.25) is 0 Å². The summed E-state index contributed by atoms with van der Waals surface area (Å²) in [6, 6.07) is 3.63. The van der Waals surface area contributed by atoms with Crippen LogP contribution in [0.3, 0.4) is 0 Å². The molecule has 0 amide bonds. The summed E-state index contributed by atoms with van der Waals surface area (Å²) < 4.78 is 0. The summed E-state index contributed by atoms with van der Waals surface area (Å²) in [5, 5.41) is 0. The number of allylic oxidation sites excluding steroid dienone is 2. The third-order valence-corrected chi connectivity index (χ3v) is 2.51. The average Bonchev–Trinajstić information content (AvgIpc) is 2.72. The van der Waals surface area contributed by atoms with Crippen LogP contribution in [-0.2, 0) is 0 Å². The molecule has 1 heterocycles. The molecule has 1 aliphatic carbocycles. The van der Waals surface area contributed by atoms with Crippen LogP contribution in [0.4, 0.5) is 0 Å². The average molecular weight is 187 g/mol. The molecule has 0 saturated heterocycles. The van der Waals surface area contributed by atoms with Gasteiger partial charge in [-0.1, -0.05) is 11.6 Å². The van der Waals surface area contributed by atoms with Crippen molar-refractivity contribution in [1.82, 2.24) is 4.98 Å². The molecule has 0 radical (unpaired) electrons. The Morgan fingerprint density at radius 2 is 2.43 bits per heavy atom. The van der Waals surface area contributed by atoms with E-state index in [0.29, 0.717) is 6.42 Å². The van der Waals surface area contributed by atoms with E-state index in [1.807, 2.05) is 6.07 Å². The summed E-state index contributed by atoms with van der Waals surface area (Å²) in [5.74, 6) is 0.186. The Morgan fingerprint density at radius 1 is 1.50 bits per heavy atom.